The van der Waals surface area contributed by atoms with Crippen LogP contribution in [0.5, 0.6) is 0 Å². The highest BCUT2D eigenvalue weighted by Crippen LogP contribution is 2.20. The smallest absolute Gasteiger partial charge is 0.106 e. The van der Waals surface area contributed by atoms with Crippen LogP contribution in [0.15, 0.2) is 24.4 Å². The fraction of sp³-hybridized carbons (Fsp3) is 0.471. The van der Waals surface area contributed by atoms with Gasteiger partial charge in [0.25, 0.3) is 0 Å². The Bertz CT molecular complexity index is 588. The third kappa shape index (κ3) is 2.78. The van der Waals surface area contributed by atoms with Gasteiger partial charge in [-0.2, -0.15) is 0 Å². The van der Waals surface area contributed by atoms with Crippen molar-refractivity contribution in [2.24, 2.45) is 0 Å². The number of rotatable bonds is 5. The summed E-state index contributed by atoms with van der Waals surface area (Å²) in [6.45, 7) is 8.32. The van der Waals surface area contributed by atoms with Gasteiger partial charge in [-0.15, -0.1) is 0 Å². The van der Waals surface area contributed by atoms with E-state index in [2.05, 4.69) is 53.8 Å². The fourth-order valence-corrected chi connectivity index (χ4v) is 2.67. The van der Waals surface area contributed by atoms with Crippen molar-refractivity contribution in [2.75, 3.05) is 0 Å². The highest BCUT2D eigenvalue weighted by Gasteiger charge is 2.21. The Hall–Kier alpha value is -1.61. The van der Waals surface area contributed by atoms with Crippen LogP contribution in [-0.4, -0.2) is 15.6 Å². The highest BCUT2D eigenvalue weighted by molar-refractivity contribution is 5.34. The molecule has 106 valence electrons. The van der Waals surface area contributed by atoms with E-state index in [9.17, 15) is 0 Å². The molecule has 0 spiro atoms. The molecule has 0 bridgehead atoms. The van der Waals surface area contributed by atoms with Crippen molar-refractivity contribution in [1.29, 1.82) is 0 Å². The first-order chi connectivity index (χ1) is 9.65. The molecule has 1 fully saturated rings. The Labute approximate surface area is 121 Å². The summed E-state index contributed by atoms with van der Waals surface area (Å²) in [5, 5.41) is 3.58. The van der Waals surface area contributed by atoms with Crippen LogP contribution in [0.3, 0.4) is 0 Å². The molecule has 0 radical (unpaired) electrons. The van der Waals surface area contributed by atoms with Crippen molar-refractivity contribution >= 4 is 0 Å². The second kappa shape index (κ2) is 5.41. The monoisotopic (exact) mass is 269 g/mol. The third-order valence-corrected chi connectivity index (χ3v) is 4.25. The molecule has 0 saturated heterocycles. The summed E-state index contributed by atoms with van der Waals surface area (Å²) in [6, 6.07) is 7.25. The molecule has 1 aliphatic rings. The number of hydrogen-bond donors (Lipinski definition) is 1. The average molecular weight is 269 g/mol. The van der Waals surface area contributed by atoms with Crippen molar-refractivity contribution in [3.63, 3.8) is 0 Å². The maximum absolute atomic E-state index is 4.49. The Morgan fingerprint density at radius 1 is 1.20 bits per heavy atom. The van der Waals surface area contributed by atoms with E-state index in [1.807, 2.05) is 6.20 Å². The molecule has 0 atom stereocenters. The first-order valence-corrected chi connectivity index (χ1v) is 7.44. The molecule has 0 amide bonds. The van der Waals surface area contributed by atoms with Gasteiger partial charge in [-0.05, 0) is 50.3 Å². The summed E-state index contributed by atoms with van der Waals surface area (Å²) in [5.74, 6) is 1.10. The van der Waals surface area contributed by atoms with Crippen molar-refractivity contribution in [3.8, 4) is 0 Å². The molecule has 20 heavy (non-hydrogen) atoms. The van der Waals surface area contributed by atoms with Gasteiger partial charge in [0.1, 0.15) is 5.82 Å². The normalized spacial score (nSPS) is 14.8. The summed E-state index contributed by atoms with van der Waals surface area (Å²) in [6.07, 6.45) is 4.66. The lowest BCUT2D eigenvalue weighted by Crippen LogP contribution is -2.19. The van der Waals surface area contributed by atoms with E-state index in [-0.39, 0.29) is 0 Å². The van der Waals surface area contributed by atoms with E-state index in [1.165, 1.54) is 35.2 Å². The van der Waals surface area contributed by atoms with E-state index in [1.54, 1.807) is 0 Å². The minimum atomic E-state index is 0.735. The van der Waals surface area contributed by atoms with E-state index in [4.69, 9.17) is 0 Å². The number of nitrogens with zero attached hydrogens (tertiary/aromatic N) is 2. The van der Waals surface area contributed by atoms with Crippen molar-refractivity contribution in [2.45, 2.75) is 52.7 Å². The van der Waals surface area contributed by atoms with E-state index in [0.717, 1.165) is 25.0 Å². The predicted molar refractivity (Wildman–Crippen MR) is 81.8 cm³/mol. The van der Waals surface area contributed by atoms with Gasteiger partial charge in [0.05, 0.1) is 5.69 Å². The lowest BCUT2D eigenvalue weighted by molar-refractivity contribution is 0.625. The topological polar surface area (TPSA) is 29.9 Å². The van der Waals surface area contributed by atoms with Crippen LogP contribution in [0, 0.1) is 20.8 Å². The van der Waals surface area contributed by atoms with Crippen LogP contribution in [0.4, 0.5) is 0 Å². The SMILES string of the molecule is Cc1cccc(C)c1Cn1c(CNC2CC2)cnc1C. The van der Waals surface area contributed by atoms with Crippen LogP contribution >= 0.6 is 0 Å². The minimum absolute atomic E-state index is 0.735. The zero-order valence-corrected chi connectivity index (χ0v) is 12.6. The second-order valence-corrected chi connectivity index (χ2v) is 5.91. The van der Waals surface area contributed by atoms with Crippen LogP contribution in [-0.2, 0) is 13.1 Å². The standard InChI is InChI=1S/C17H23N3/c1-12-5-4-6-13(2)17(12)11-20-14(3)18-9-16(20)10-19-15-7-8-15/h4-6,9,15,19H,7-8,10-11H2,1-3H3. The largest absolute Gasteiger partial charge is 0.327 e. The summed E-state index contributed by atoms with van der Waals surface area (Å²) >= 11 is 0. The Morgan fingerprint density at radius 2 is 1.90 bits per heavy atom. The number of aromatic nitrogens is 2. The zero-order chi connectivity index (χ0) is 14.1. The first-order valence-electron chi connectivity index (χ1n) is 7.44. The van der Waals surface area contributed by atoms with Crippen molar-refractivity contribution in [3.05, 3.63) is 52.6 Å². The molecule has 0 aliphatic heterocycles. The average Bonchev–Trinajstić information content (AvgIpc) is 3.18. The Balaban J connectivity index is 1.83. The molecule has 1 saturated carbocycles. The Morgan fingerprint density at radius 3 is 2.55 bits per heavy atom. The molecule has 1 aromatic carbocycles. The van der Waals surface area contributed by atoms with E-state index >= 15 is 0 Å². The zero-order valence-electron chi connectivity index (χ0n) is 12.6. The number of imidazole rings is 1. The molecule has 1 heterocycles. The van der Waals surface area contributed by atoms with Crippen LogP contribution in [0.1, 0.15) is 41.1 Å². The second-order valence-electron chi connectivity index (χ2n) is 5.91. The van der Waals surface area contributed by atoms with Gasteiger partial charge in [-0.25, -0.2) is 4.98 Å². The quantitative estimate of drug-likeness (QED) is 0.904. The molecule has 3 heteroatoms. The molecular weight excluding hydrogens is 246 g/mol. The van der Waals surface area contributed by atoms with Crippen LogP contribution in [0.25, 0.3) is 0 Å². The van der Waals surface area contributed by atoms with Gasteiger partial charge in [0, 0.05) is 25.3 Å². The fourth-order valence-electron chi connectivity index (χ4n) is 2.67. The van der Waals surface area contributed by atoms with Gasteiger partial charge >= 0.3 is 0 Å². The van der Waals surface area contributed by atoms with E-state index < -0.39 is 0 Å². The molecule has 2 aromatic rings. The summed E-state index contributed by atoms with van der Waals surface area (Å²) in [4.78, 5) is 4.49. The maximum atomic E-state index is 4.49. The molecule has 3 rings (SSSR count). The van der Waals surface area contributed by atoms with Gasteiger partial charge in [-0.1, -0.05) is 18.2 Å². The van der Waals surface area contributed by atoms with Crippen molar-refractivity contribution < 1.29 is 0 Å². The minimum Gasteiger partial charge on any atom is -0.327 e. The molecule has 3 nitrogen and oxygen atoms in total. The first kappa shape index (κ1) is 13.4. The molecule has 0 unspecified atom stereocenters. The third-order valence-electron chi connectivity index (χ3n) is 4.25. The van der Waals surface area contributed by atoms with E-state index in [0.29, 0.717) is 0 Å². The lowest BCUT2D eigenvalue weighted by atomic mass is 10.0. The number of hydrogen-bond acceptors (Lipinski definition) is 2. The summed E-state index contributed by atoms with van der Waals surface area (Å²) in [5.41, 5.74) is 5.43. The molecular formula is C17H23N3. The summed E-state index contributed by atoms with van der Waals surface area (Å²) < 4.78 is 2.34. The predicted octanol–water partition coefficient (Wildman–Crippen LogP) is 3.11. The van der Waals surface area contributed by atoms with Crippen molar-refractivity contribution in [1.82, 2.24) is 14.9 Å². The Kier molecular flexibility index (Phi) is 3.62. The number of nitrogens with one attached hydrogen (secondary N) is 1. The van der Waals surface area contributed by atoms with Gasteiger partial charge < -0.3 is 9.88 Å². The van der Waals surface area contributed by atoms with Gasteiger partial charge in [-0.3, -0.25) is 0 Å². The molecule has 1 N–H and O–H groups in total. The van der Waals surface area contributed by atoms with Gasteiger partial charge in [0.2, 0.25) is 0 Å². The van der Waals surface area contributed by atoms with Gasteiger partial charge in [0.15, 0.2) is 0 Å². The summed E-state index contributed by atoms with van der Waals surface area (Å²) in [7, 11) is 0. The number of aryl methyl sites for hydroxylation is 3. The maximum Gasteiger partial charge on any atom is 0.106 e. The number of benzene rings is 1. The van der Waals surface area contributed by atoms with Crippen LogP contribution < -0.4 is 5.32 Å². The highest BCUT2D eigenvalue weighted by atomic mass is 15.1. The molecule has 1 aromatic heterocycles. The van der Waals surface area contributed by atoms with Crippen LogP contribution in [0.2, 0.25) is 0 Å². The molecule has 1 aliphatic carbocycles. The lowest BCUT2D eigenvalue weighted by Gasteiger charge is -2.15.